The first-order valence-electron chi connectivity index (χ1n) is 9.97. The van der Waals surface area contributed by atoms with E-state index < -0.39 is 51.7 Å². The van der Waals surface area contributed by atoms with Gasteiger partial charge >= 0.3 is 16.8 Å². The van der Waals surface area contributed by atoms with Crippen LogP contribution in [-0.4, -0.2) is 37.7 Å². The van der Waals surface area contributed by atoms with Crippen LogP contribution in [0.25, 0.3) is 0 Å². The van der Waals surface area contributed by atoms with Crippen molar-refractivity contribution < 1.29 is 39.7 Å². The highest BCUT2D eigenvalue weighted by Gasteiger charge is 2.64. The van der Waals surface area contributed by atoms with E-state index in [0.29, 0.717) is 24.5 Å². The van der Waals surface area contributed by atoms with Crippen LogP contribution in [-0.2, 0) is 15.7 Å². The number of benzene rings is 1. The van der Waals surface area contributed by atoms with Gasteiger partial charge in [0.25, 0.3) is 0 Å². The zero-order valence-corrected chi connectivity index (χ0v) is 18.2. The Morgan fingerprint density at radius 3 is 2.09 bits per heavy atom. The third-order valence-electron chi connectivity index (χ3n) is 5.46. The molecular formula is C20H21ClF7NO2S. The number of nitrogens with zero attached hydrogens (tertiary/aromatic N) is 1. The van der Waals surface area contributed by atoms with E-state index in [1.807, 2.05) is 0 Å². The van der Waals surface area contributed by atoms with E-state index in [1.165, 1.54) is 0 Å². The van der Waals surface area contributed by atoms with Gasteiger partial charge in [0.15, 0.2) is 0 Å². The molecule has 1 heterocycles. The van der Waals surface area contributed by atoms with Gasteiger partial charge in [-0.25, -0.2) is 4.21 Å². The molecule has 0 N–H and O–H groups in total. The fraction of sp³-hybridized carbons (Fsp3) is 0.600. The van der Waals surface area contributed by atoms with Gasteiger partial charge in [0, 0.05) is 12.3 Å². The number of alkyl halides is 8. The van der Waals surface area contributed by atoms with Crippen LogP contribution in [0.2, 0.25) is 0 Å². The van der Waals surface area contributed by atoms with Crippen molar-refractivity contribution in [3.63, 3.8) is 0 Å². The van der Waals surface area contributed by atoms with E-state index >= 15 is 0 Å². The highest BCUT2D eigenvalue weighted by Crippen LogP contribution is 2.48. The van der Waals surface area contributed by atoms with Gasteiger partial charge in [-0.2, -0.15) is 30.7 Å². The Hall–Kier alpha value is -1.33. The first-order valence-corrected chi connectivity index (χ1v) is 11.5. The van der Waals surface area contributed by atoms with E-state index in [4.69, 9.17) is 4.74 Å². The molecule has 2 aliphatic rings. The molecule has 12 heteroatoms. The van der Waals surface area contributed by atoms with Crippen LogP contribution in [0.1, 0.15) is 50.0 Å². The summed E-state index contributed by atoms with van der Waals surface area (Å²) in [7, 11) is -4.16. The maximum Gasteiger partial charge on any atom is 0.431 e. The summed E-state index contributed by atoms with van der Waals surface area (Å²) in [4.78, 5) is 0. The van der Waals surface area contributed by atoms with Gasteiger partial charge in [0.05, 0.1) is 6.10 Å². The molecule has 0 spiro atoms. The van der Waals surface area contributed by atoms with Gasteiger partial charge in [-0.1, -0.05) is 49.6 Å². The third-order valence-corrected chi connectivity index (χ3v) is 7.30. The van der Waals surface area contributed by atoms with Crippen molar-refractivity contribution in [2.24, 2.45) is 0 Å². The second kappa shape index (κ2) is 9.50. The molecule has 0 bridgehead atoms. The Kier molecular flexibility index (Phi) is 7.51. The molecular weight excluding hydrogens is 487 g/mol. The lowest BCUT2D eigenvalue weighted by molar-refractivity contribution is -0.143. The molecule has 3 nitrogen and oxygen atoms in total. The maximum atomic E-state index is 14.2. The number of ether oxygens (including phenoxy) is 1. The number of hydrogen-bond acceptors (Lipinski definition) is 2. The van der Waals surface area contributed by atoms with Crippen molar-refractivity contribution in [1.29, 1.82) is 0 Å². The van der Waals surface area contributed by atoms with Crippen molar-refractivity contribution in [1.82, 2.24) is 4.31 Å². The smallest absolute Gasteiger partial charge is 0.354 e. The lowest BCUT2D eigenvalue weighted by atomic mass is 9.91. The van der Waals surface area contributed by atoms with E-state index in [0.717, 1.165) is 19.3 Å². The highest BCUT2D eigenvalue weighted by atomic mass is 35.5. The van der Waals surface area contributed by atoms with Gasteiger partial charge in [0.2, 0.25) is 11.0 Å². The summed E-state index contributed by atoms with van der Waals surface area (Å²) in [5.74, 6) is -0.917. The SMILES string of the molecule is O=S(N1C(C(F)(F)F)=C[C@H](c2ccccc2)C[C@@H]1OC1CCCCC1)C(F)(F)C(F)(F)Cl. The second-order valence-corrected chi connectivity index (χ2v) is 9.62. The summed E-state index contributed by atoms with van der Waals surface area (Å²) >= 11 is 4.42. The number of halogens is 8. The highest BCUT2D eigenvalue weighted by molar-refractivity contribution is 7.84. The Balaban J connectivity index is 2.07. The van der Waals surface area contributed by atoms with Gasteiger partial charge in [-0.15, -0.1) is 0 Å². The second-order valence-electron chi connectivity index (χ2n) is 7.74. The first kappa shape index (κ1) is 25.3. The Labute approximate surface area is 188 Å². The van der Waals surface area contributed by atoms with Crippen molar-refractivity contribution >= 4 is 22.6 Å². The van der Waals surface area contributed by atoms with Crippen LogP contribution in [0.5, 0.6) is 0 Å². The quantitative estimate of drug-likeness (QED) is 0.317. The predicted molar refractivity (Wildman–Crippen MR) is 105 cm³/mol. The summed E-state index contributed by atoms with van der Waals surface area (Å²) in [6.45, 7) is 0. The van der Waals surface area contributed by atoms with E-state index in [1.54, 1.807) is 30.3 Å². The topological polar surface area (TPSA) is 29.5 Å². The largest absolute Gasteiger partial charge is 0.431 e. The van der Waals surface area contributed by atoms with Crippen LogP contribution < -0.4 is 0 Å². The molecule has 32 heavy (non-hydrogen) atoms. The molecule has 1 aliphatic heterocycles. The minimum Gasteiger partial charge on any atom is -0.354 e. The van der Waals surface area contributed by atoms with Gasteiger partial charge in [0.1, 0.15) is 11.9 Å². The van der Waals surface area contributed by atoms with Crippen LogP contribution in [0.15, 0.2) is 42.1 Å². The summed E-state index contributed by atoms with van der Waals surface area (Å²) < 4.78 is 115. The Morgan fingerprint density at radius 1 is 0.969 bits per heavy atom. The summed E-state index contributed by atoms with van der Waals surface area (Å²) in [5, 5.41) is -10.8. The molecule has 1 saturated carbocycles. The van der Waals surface area contributed by atoms with Crippen LogP contribution in [0, 0.1) is 0 Å². The van der Waals surface area contributed by atoms with Crippen LogP contribution in [0.4, 0.5) is 30.7 Å². The molecule has 0 amide bonds. The van der Waals surface area contributed by atoms with Crippen molar-refractivity contribution in [2.45, 2.75) is 73.6 Å². The lowest BCUT2D eigenvalue weighted by Crippen LogP contribution is -2.54. The molecule has 1 fully saturated rings. The molecule has 0 radical (unpaired) electrons. The molecule has 1 unspecified atom stereocenters. The van der Waals surface area contributed by atoms with Gasteiger partial charge < -0.3 is 4.74 Å². The minimum absolute atomic E-state index is 0.273. The van der Waals surface area contributed by atoms with Gasteiger partial charge in [-0.05, 0) is 36.1 Å². The van der Waals surface area contributed by atoms with E-state index in [2.05, 4.69) is 11.6 Å². The average Bonchev–Trinajstić information content (AvgIpc) is 2.72. The van der Waals surface area contributed by atoms with E-state index in [9.17, 15) is 34.9 Å². The molecule has 1 aliphatic carbocycles. The van der Waals surface area contributed by atoms with Crippen LogP contribution >= 0.6 is 11.6 Å². The predicted octanol–water partition coefficient (Wildman–Crippen LogP) is 6.69. The van der Waals surface area contributed by atoms with Crippen molar-refractivity contribution in [3.05, 3.63) is 47.7 Å². The summed E-state index contributed by atoms with van der Waals surface area (Å²) in [6, 6.07) is 7.96. The van der Waals surface area contributed by atoms with Crippen molar-refractivity contribution in [3.8, 4) is 0 Å². The third kappa shape index (κ3) is 5.41. The normalized spacial score (nSPS) is 24.9. The Morgan fingerprint density at radius 2 is 1.56 bits per heavy atom. The van der Waals surface area contributed by atoms with E-state index in [-0.39, 0.29) is 10.7 Å². The number of rotatable bonds is 6. The Bertz CT molecular complexity index is 839. The molecule has 1 aromatic rings. The summed E-state index contributed by atoms with van der Waals surface area (Å²) in [5.41, 5.74) is -1.27. The lowest BCUT2D eigenvalue weighted by Gasteiger charge is -2.43. The average molecular weight is 508 g/mol. The van der Waals surface area contributed by atoms with Crippen LogP contribution in [0.3, 0.4) is 0 Å². The zero-order chi connectivity index (χ0) is 23.7. The van der Waals surface area contributed by atoms with Crippen molar-refractivity contribution in [2.75, 3.05) is 0 Å². The molecule has 180 valence electrons. The standard InChI is InChI=1S/C20H21ClF7NO2S/c21-19(25,26)20(27,28)32(30)29-16(18(22,23)24)11-14(13-7-3-1-4-8-13)12-17(29)31-15-9-5-2-6-10-15/h1,3-4,7-8,11,14-15,17H,2,5-6,9-10,12H2/t14-,17-,32?/m0/s1. The number of allylic oxidation sites excluding steroid dienone is 2. The first-order chi connectivity index (χ1) is 14.8. The summed E-state index contributed by atoms with van der Waals surface area (Å²) in [6.07, 6.45) is -3.97. The molecule has 0 saturated heterocycles. The molecule has 0 aromatic heterocycles. The fourth-order valence-corrected chi connectivity index (χ4v) is 5.24. The number of hydrogen-bond donors (Lipinski definition) is 0. The zero-order valence-electron chi connectivity index (χ0n) is 16.6. The molecule has 3 atom stereocenters. The maximum absolute atomic E-state index is 14.2. The fourth-order valence-electron chi connectivity index (χ4n) is 3.90. The molecule has 1 aromatic carbocycles. The minimum atomic E-state index is -5.47. The van der Waals surface area contributed by atoms with Gasteiger partial charge in [-0.3, -0.25) is 4.31 Å². The monoisotopic (exact) mass is 507 g/mol. The molecule has 3 rings (SSSR count).